The number of hydrogen-bond donors (Lipinski definition) is 6. The normalized spacial score (nSPS) is 13.9. The smallest absolute Gasteiger partial charge is 0.475 e. The van der Waals surface area contributed by atoms with Gasteiger partial charge in [0.1, 0.15) is 5.02 Å². The Labute approximate surface area is 325 Å². The molecule has 0 unspecified atom stereocenters. The summed E-state index contributed by atoms with van der Waals surface area (Å²) >= 11 is 6.38. The summed E-state index contributed by atoms with van der Waals surface area (Å²) in [5, 5.41) is 27.3. The molecule has 4 aromatic rings. The molecule has 57 heavy (non-hydrogen) atoms. The summed E-state index contributed by atoms with van der Waals surface area (Å²) < 4.78 is 63.5. The Hall–Kier alpha value is -6.18. The molecular weight excluding hydrogens is 790 g/mol. The van der Waals surface area contributed by atoms with E-state index in [9.17, 15) is 35.9 Å². The Morgan fingerprint density at radius 3 is 2.16 bits per heavy atom. The minimum absolute atomic E-state index is 0.0288. The first-order chi connectivity index (χ1) is 26.8. The second kappa shape index (κ2) is 19.1. The van der Waals surface area contributed by atoms with Crippen molar-refractivity contribution in [3.8, 4) is 0 Å². The van der Waals surface area contributed by atoms with Gasteiger partial charge in [0.05, 0.1) is 18.1 Å². The number of piperidine rings is 1. The van der Waals surface area contributed by atoms with E-state index >= 15 is 0 Å². The number of carboxylic acid groups (broad SMARTS) is 2. The number of aromatic nitrogens is 3. The number of nitrogens with zero attached hydrogens (tertiary/aromatic N) is 4. The Kier molecular flexibility index (Phi) is 14.6. The van der Waals surface area contributed by atoms with Gasteiger partial charge in [0.2, 0.25) is 11.9 Å². The van der Waals surface area contributed by atoms with Crippen LogP contribution in [0.4, 0.5) is 65.7 Å². The van der Waals surface area contributed by atoms with Crippen molar-refractivity contribution in [3.63, 3.8) is 0 Å². The van der Waals surface area contributed by atoms with Crippen LogP contribution in [0.5, 0.6) is 0 Å². The Balaban J connectivity index is 0.000000440. The maximum atomic E-state index is 13.2. The van der Waals surface area contributed by atoms with Gasteiger partial charge in [0.25, 0.3) is 0 Å². The van der Waals surface area contributed by atoms with Crippen LogP contribution in [0.15, 0.2) is 67.1 Å². The van der Waals surface area contributed by atoms with E-state index in [0.29, 0.717) is 42.7 Å². The molecule has 0 saturated carbocycles. The third-order valence-corrected chi connectivity index (χ3v) is 8.53. The predicted octanol–water partition coefficient (Wildman–Crippen LogP) is 7.96. The number of carboxylic acids is 2. The lowest BCUT2D eigenvalue weighted by Gasteiger charge is -2.31. The summed E-state index contributed by atoms with van der Waals surface area (Å²) in [6.45, 7) is 3.24. The summed E-state index contributed by atoms with van der Waals surface area (Å²) in [4.78, 5) is 58.7. The molecule has 0 atom stereocenters. The molecular formula is C36H35ClF6N8O6. The third kappa shape index (κ3) is 13.8. The molecule has 0 spiro atoms. The topological polar surface area (TPSA) is 199 Å². The van der Waals surface area contributed by atoms with Gasteiger partial charge in [-0.25, -0.2) is 19.4 Å². The van der Waals surface area contributed by atoms with Crippen molar-refractivity contribution < 1.29 is 55.7 Å². The van der Waals surface area contributed by atoms with Crippen LogP contribution in [0.2, 0.25) is 5.02 Å². The lowest BCUT2D eigenvalue weighted by molar-refractivity contribution is -0.193. The van der Waals surface area contributed by atoms with Gasteiger partial charge in [-0.15, -0.1) is 0 Å². The minimum Gasteiger partial charge on any atom is -0.475 e. The average Bonchev–Trinajstić information content (AvgIpc) is 3.13. The van der Waals surface area contributed by atoms with Gasteiger partial charge in [0, 0.05) is 42.8 Å². The van der Waals surface area contributed by atoms with Crippen LogP contribution < -0.4 is 21.3 Å². The molecule has 2 aliphatic heterocycles. The molecule has 2 aliphatic rings. The zero-order chi connectivity index (χ0) is 41.9. The van der Waals surface area contributed by atoms with Gasteiger partial charge in [-0.2, -0.15) is 31.3 Å². The molecule has 6 bridgehead atoms. The number of alkyl halides is 6. The van der Waals surface area contributed by atoms with Crippen molar-refractivity contribution in [2.24, 2.45) is 5.92 Å². The SMILES string of the molecule is Cc1cccc(NC(=O)N2CCC(CC(=O)Nc3ccc4cc3CCc3cncc(c3)Nc3ncc(Cl)c(n3)N4)CC2)c1.O=C(O)C(F)(F)F.O=C(O)C(F)(F)F. The number of aliphatic carboxylic acids is 2. The molecule has 6 rings (SSSR count). The van der Waals surface area contributed by atoms with Crippen molar-refractivity contribution in [1.82, 2.24) is 19.9 Å². The van der Waals surface area contributed by atoms with Crippen molar-refractivity contribution in [3.05, 3.63) is 88.8 Å². The standard InChI is InChI=1S/C32H33ClN8O2.2C2HF3O2/c1-20-3-2-4-24(13-20)38-32(43)41-11-9-21(10-12-41)15-29(42)39-28-8-7-25-16-23(28)6-5-22-14-26(18-34-17-22)37-31-35-19-27(33)30(36-25)40-31;2*3-2(4,5)1(6)7/h2-4,7-8,13-14,16-19,21H,5-6,9-12,15H2,1H3,(H,38,43)(H,39,42)(H2,35,36,37,40);2*(H,6,7). The zero-order valence-corrected chi connectivity index (χ0v) is 30.6. The van der Waals surface area contributed by atoms with E-state index < -0.39 is 24.3 Å². The number of likely N-dealkylation sites (tertiary alicyclic amines) is 1. The fourth-order valence-corrected chi connectivity index (χ4v) is 5.62. The summed E-state index contributed by atoms with van der Waals surface area (Å²) in [7, 11) is 0. The minimum atomic E-state index is -5.08. The zero-order valence-electron chi connectivity index (χ0n) is 29.8. The Morgan fingerprint density at radius 1 is 0.860 bits per heavy atom. The largest absolute Gasteiger partial charge is 0.490 e. The van der Waals surface area contributed by atoms with E-state index in [1.165, 1.54) is 0 Å². The van der Waals surface area contributed by atoms with Gasteiger partial charge < -0.3 is 36.4 Å². The maximum absolute atomic E-state index is 13.2. The van der Waals surface area contributed by atoms with E-state index in [-0.39, 0.29) is 17.9 Å². The quantitative estimate of drug-likeness (QED) is 0.109. The molecule has 0 radical (unpaired) electrons. The van der Waals surface area contributed by atoms with Crippen molar-refractivity contribution >= 4 is 70.0 Å². The number of benzene rings is 2. The molecule has 2 aromatic heterocycles. The Bertz CT molecular complexity index is 2060. The number of carbonyl (C=O) groups is 4. The number of pyridine rings is 1. The number of rotatable bonds is 4. The van der Waals surface area contributed by atoms with E-state index in [0.717, 1.165) is 58.7 Å². The second-order valence-electron chi connectivity index (χ2n) is 12.7. The van der Waals surface area contributed by atoms with Gasteiger partial charge in [-0.05, 0) is 91.6 Å². The monoisotopic (exact) mass is 824 g/mol. The average molecular weight is 825 g/mol. The summed E-state index contributed by atoms with van der Waals surface area (Å²) in [6.07, 6.45) is -1.66. The highest BCUT2D eigenvalue weighted by Gasteiger charge is 2.39. The molecule has 1 saturated heterocycles. The highest BCUT2D eigenvalue weighted by atomic mass is 35.5. The molecule has 3 amide bonds. The number of hydrogen-bond acceptors (Lipinski definition) is 9. The molecule has 14 nitrogen and oxygen atoms in total. The summed E-state index contributed by atoms with van der Waals surface area (Å²) in [5.41, 5.74) is 6.29. The van der Waals surface area contributed by atoms with Crippen LogP contribution >= 0.6 is 11.6 Å². The number of urea groups is 1. The van der Waals surface area contributed by atoms with E-state index in [1.54, 1.807) is 12.4 Å². The van der Waals surface area contributed by atoms with Gasteiger partial charge >= 0.3 is 30.3 Å². The fourth-order valence-electron chi connectivity index (χ4n) is 5.48. The van der Waals surface area contributed by atoms with Gasteiger partial charge in [-0.1, -0.05) is 23.7 Å². The molecule has 6 N–H and O–H groups in total. The number of nitrogens with one attached hydrogen (secondary N) is 4. The van der Waals surface area contributed by atoms with E-state index in [1.807, 2.05) is 66.6 Å². The van der Waals surface area contributed by atoms with Crippen LogP contribution in [0.3, 0.4) is 0 Å². The number of amides is 3. The first-order valence-electron chi connectivity index (χ1n) is 16.9. The van der Waals surface area contributed by atoms with Crippen LogP contribution in [0.1, 0.15) is 36.0 Å². The van der Waals surface area contributed by atoms with Crippen molar-refractivity contribution in [2.45, 2.75) is 51.4 Å². The lowest BCUT2D eigenvalue weighted by Crippen LogP contribution is -2.41. The highest BCUT2D eigenvalue weighted by Crippen LogP contribution is 2.30. The fraction of sp³-hybridized carbons (Fsp3) is 0.306. The summed E-state index contributed by atoms with van der Waals surface area (Å²) in [5.74, 6) is -4.44. The Morgan fingerprint density at radius 2 is 1.53 bits per heavy atom. The van der Waals surface area contributed by atoms with Crippen molar-refractivity contribution in [2.75, 3.05) is 34.4 Å². The van der Waals surface area contributed by atoms with Crippen LogP contribution in [0, 0.1) is 12.8 Å². The van der Waals surface area contributed by atoms with E-state index in [2.05, 4.69) is 36.2 Å². The number of anilines is 6. The van der Waals surface area contributed by atoms with Gasteiger partial charge in [-0.3, -0.25) is 9.78 Å². The lowest BCUT2D eigenvalue weighted by atomic mass is 9.93. The first kappa shape index (κ1) is 43.5. The van der Waals surface area contributed by atoms with Crippen molar-refractivity contribution in [1.29, 1.82) is 0 Å². The van der Waals surface area contributed by atoms with E-state index in [4.69, 9.17) is 31.4 Å². The summed E-state index contributed by atoms with van der Waals surface area (Å²) in [6, 6.07) is 15.5. The highest BCUT2D eigenvalue weighted by molar-refractivity contribution is 6.32. The van der Waals surface area contributed by atoms with Gasteiger partial charge in [0.15, 0.2) is 5.82 Å². The molecule has 0 aliphatic carbocycles. The molecule has 4 heterocycles. The predicted molar refractivity (Wildman–Crippen MR) is 197 cm³/mol. The number of halogens is 7. The van der Waals surface area contributed by atoms with Crippen LogP contribution in [0.25, 0.3) is 0 Å². The molecule has 304 valence electrons. The molecule has 2 aromatic carbocycles. The molecule has 21 heteroatoms. The number of fused-ring (bicyclic) bond motifs is 6. The first-order valence-corrected chi connectivity index (χ1v) is 17.3. The second-order valence-corrected chi connectivity index (χ2v) is 13.1. The van der Waals surface area contributed by atoms with Crippen LogP contribution in [-0.2, 0) is 27.2 Å². The molecule has 1 fully saturated rings. The van der Waals surface area contributed by atoms with Crippen LogP contribution in [-0.4, -0.2) is 79.4 Å². The number of aryl methyl sites for hydroxylation is 3. The maximum Gasteiger partial charge on any atom is 0.490 e. The third-order valence-electron chi connectivity index (χ3n) is 8.25. The number of carbonyl (C=O) groups excluding carboxylic acids is 2.